The predicted molar refractivity (Wildman–Crippen MR) is 139 cm³/mol. The predicted octanol–water partition coefficient (Wildman–Crippen LogP) is 0.373. The molecule has 10 nitrogen and oxygen atoms in total. The van der Waals surface area contributed by atoms with Crippen LogP contribution >= 0.6 is 15.9 Å². The average molecular weight is 568 g/mol. The first-order chi connectivity index (χ1) is 16.7. The van der Waals surface area contributed by atoms with Crippen molar-refractivity contribution >= 4 is 38.3 Å². The topological polar surface area (TPSA) is 112 Å². The minimum absolute atomic E-state index is 0.0608. The Morgan fingerprint density at radius 1 is 1.09 bits per heavy atom. The van der Waals surface area contributed by atoms with Crippen molar-refractivity contribution in [2.24, 2.45) is 14.1 Å². The van der Waals surface area contributed by atoms with E-state index in [2.05, 4.69) is 30.7 Å². The maximum Gasteiger partial charge on any atom is 0.332 e. The fraction of sp³-hybridized carbons (Fsp3) is 0.522. The van der Waals surface area contributed by atoms with Crippen molar-refractivity contribution in [3.05, 3.63) is 55.9 Å². The number of hydrogen-bond acceptors (Lipinski definition) is 7. The number of fused-ring (bicyclic) bond motifs is 1. The summed E-state index contributed by atoms with van der Waals surface area (Å²) >= 11 is 2.40. The first-order valence-corrected chi connectivity index (χ1v) is 13.7. The third-order valence-corrected chi connectivity index (χ3v) is 8.39. The van der Waals surface area contributed by atoms with Crippen LogP contribution in [0.3, 0.4) is 0 Å². The Hall–Kier alpha value is -1.96. The van der Waals surface area contributed by atoms with Crippen LogP contribution in [0.1, 0.15) is 6.42 Å². The standard InChI is InChI=1S/C23H31BrN6O4S/c1-26-16-25-21-20(26)22(32)30(23(33)27(21)2)15-18(31)14-29-11-9-28(10-12-29)8-3-13-35(34)19-6-4-17(24)5-7-19/h4-7,16,18,31H,3,8-15H2,1-2H3. The van der Waals surface area contributed by atoms with E-state index < -0.39 is 28.5 Å². The fourth-order valence-corrected chi connectivity index (χ4v) is 5.77. The molecule has 0 aliphatic carbocycles. The summed E-state index contributed by atoms with van der Waals surface area (Å²) in [5.41, 5.74) is -0.239. The molecule has 0 spiro atoms. The zero-order valence-corrected chi connectivity index (χ0v) is 22.4. The average Bonchev–Trinajstić information content (AvgIpc) is 3.23. The Kier molecular flexibility index (Phi) is 8.50. The van der Waals surface area contributed by atoms with Crippen LogP contribution in [-0.4, -0.2) is 89.3 Å². The highest BCUT2D eigenvalue weighted by Crippen LogP contribution is 2.17. The van der Waals surface area contributed by atoms with Gasteiger partial charge in [-0.2, -0.15) is 0 Å². The lowest BCUT2D eigenvalue weighted by Crippen LogP contribution is -2.50. The molecule has 0 saturated carbocycles. The van der Waals surface area contributed by atoms with Crippen LogP contribution in [0.15, 0.2) is 49.6 Å². The van der Waals surface area contributed by atoms with Crippen LogP contribution in [0.2, 0.25) is 0 Å². The van der Waals surface area contributed by atoms with Crippen LogP contribution in [0, 0.1) is 0 Å². The zero-order chi connectivity index (χ0) is 25.1. The minimum Gasteiger partial charge on any atom is -0.611 e. The summed E-state index contributed by atoms with van der Waals surface area (Å²) in [6, 6.07) is 7.60. The van der Waals surface area contributed by atoms with E-state index in [1.807, 2.05) is 24.3 Å². The second kappa shape index (κ2) is 11.4. The number of imidazole rings is 1. The molecule has 1 aromatic carbocycles. The van der Waals surface area contributed by atoms with Crippen LogP contribution in [0.4, 0.5) is 0 Å². The van der Waals surface area contributed by atoms with Gasteiger partial charge in [-0.1, -0.05) is 15.9 Å². The lowest BCUT2D eigenvalue weighted by atomic mass is 10.2. The molecule has 1 fully saturated rings. The highest BCUT2D eigenvalue weighted by Gasteiger charge is 2.22. The smallest absolute Gasteiger partial charge is 0.332 e. The normalized spacial score (nSPS) is 17.2. The highest BCUT2D eigenvalue weighted by atomic mass is 79.9. The summed E-state index contributed by atoms with van der Waals surface area (Å²) in [6.45, 7) is 4.52. The Morgan fingerprint density at radius 3 is 2.43 bits per heavy atom. The molecular weight excluding hydrogens is 536 g/mol. The van der Waals surface area contributed by atoms with Crippen molar-refractivity contribution in [3.8, 4) is 0 Å². The monoisotopic (exact) mass is 566 g/mol. The number of rotatable bonds is 9. The van der Waals surface area contributed by atoms with Gasteiger partial charge in [0.15, 0.2) is 16.1 Å². The Labute approximate surface area is 215 Å². The maximum atomic E-state index is 12.8. The van der Waals surface area contributed by atoms with Gasteiger partial charge in [0.2, 0.25) is 0 Å². The first kappa shape index (κ1) is 26.1. The number of benzene rings is 1. The molecule has 0 amide bonds. The molecule has 0 radical (unpaired) electrons. The molecule has 4 rings (SSSR count). The Bertz CT molecular complexity index is 1270. The molecule has 2 atom stereocenters. The molecule has 1 saturated heterocycles. The van der Waals surface area contributed by atoms with Crippen LogP contribution < -0.4 is 11.2 Å². The second-order valence-electron chi connectivity index (χ2n) is 8.94. The Balaban J connectivity index is 1.24. The number of hydrogen-bond donors (Lipinski definition) is 1. The highest BCUT2D eigenvalue weighted by molar-refractivity contribution is 9.10. The van der Waals surface area contributed by atoms with Gasteiger partial charge in [-0.15, -0.1) is 0 Å². The summed E-state index contributed by atoms with van der Waals surface area (Å²) in [4.78, 5) is 35.0. The number of aromatic nitrogens is 4. The van der Waals surface area contributed by atoms with E-state index in [1.54, 1.807) is 18.7 Å². The van der Waals surface area contributed by atoms with Crippen molar-refractivity contribution in [1.29, 1.82) is 0 Å². The molecule has 190 valence electrons. The van der Waals surface area contributed by atoms with Crippen LogP contribution in [0.5, 0.6) is 0 Å². The van der Waals surface area contributed by atoms with Crippen molar-refractivity contribution < 1.29 is 9.66 Å². The zero-order valence-electron chi connectivity index (χ0n) is 20.0. The van der Waals surface area contributed by atoms with Gasteiger partial charge in [-0.3, -0.25) is 18.8 Å². The minimum atomic E-state index is -0.995. The number of nitrogens with zero attached hydrogens (tertiary/aromatic N) is 6. The summed E-state index contributed by atoms with van der Waals surface area (Å²) in [5.74, 6) is 0.630. The van der Waals surface area contributed by atoms with E-state index in [0.29, 0.717) is 23.5 Å². The van der Waals surface area contributed by atoms with Crippen LogP contribution in [-0.2, 0) is 31.8 Å². The van der Waals surface area contributed by atoms with E-state index in [9.17, 15) is 19.2 Å². The molecular formula is C23H31BrN6O4S. The number of piperazine rings is 1. The number of aliphatic hydroxyl groups excluding tert-OH is 1. The van der Waals surface area contributed by atoms with Crippen molar-refractivity contribution in [2.45, 2.75) is 24.0 Å². The number of β-amino-alcohol motifs (C(OH)–C–C–N with tert-alkyl or cyclic N) is 1. The molecule has 1 aliphatic heterocycles. The SMILES string of the molecule is Cn1cnc2c1c(=O)n(CC(O)CN1CCN(CCC[S+]([O-])c3ccc(Br)cc3)CC1)c(=O)n2C. The van der Waals surface area contributed by atoms with E-state index in [0.717, 1.165) is 53.1 Å². The van der Waals surface area contributed by atoms with Crippen molar-refractivity contribution in [2.75, 3.05) is 45.0 Å². The van der Waals surface area contributed by atoms with Gasteiger partial charge in [0.1, 0.15) is 5.75 Å². The molecule has 1 aliphatic rings. The molecule has 3 heterocycles. The van der Waals surface area contributed by atoms with Gasteiger partial charge in [0.05, 0.1) is 19.0 Å². The molecule has 2 aromatic heterocycles. The summed E-state index contributed by atoms with van der Waals surface area (Å²) in [6.07, 6.45) is 1.52. The van der Waals surface area contributed by atoms with Gasteiger partial charge in [-0.25, -0.2) is 9.78 Å². The van der Waals surface area contributed by atoms with Gasteiger partial charge in [-0.05, 0) is 35.4 Å². The number of halogens is 1. The molecule has 3 aromatic rings. The lowest BCUT2D eigenvalue weighted by Gasteiger charge is -2.35. The van der Waals surface area contributed by atoms with Gasteiger partial charge < -0.3 is 19.1 Å². The van der Waals surface area contributed by atoms with Gasteiger partial charge in [0, 0.05) is 64.3 Å². The van der Waals surface area contributed by atoms with Gasteiger partial charge in [0.25, 0.3) is 5.56 Å². The summed E-state index contributed by atoms with van der Waals surface area (Å²) < 4.78 is 17.5. The Morgan fingerprint density at radius 2 is 1.74 bits per heavy atom. The van der Waals surface area contributed by atoms with E-state index in [-0.39, 0.29) is 6.54 Å². The quantitative estimate of drug-likeness (QED) is 0.372. The third-order valence-electron chi connectivity index (χ3n) is 6.41. The molecule has 0 bridgehead atoms. The van der Waals surface area contributed by atoms with E-state index >= 15 is 0 Å². The maximum absolute atomic E-state index is 12.8. The summed E-state index contributed by atoms with van der Waals surface area (Å²) in [7, 11) is 3.29. The number of aryl methyl sites for hydroxylation is 2. The van der Waals surface area contributed by atoms with Gasteiger partial charge >= 0.3 is 5.69 Å². The first-order valence-electron chi connectivity index (χ1n) is 11.6. The largest absolute Gasteiger partial charge is 0.611 e. The van der Waals surface area contributed by atoms with E-state index in [4.69, 9.17) is 0 Å². The second-order valence-corrected chi connectivity index (χ2v) is 11.4. The lowest BCUT2D eigenvalue weighted by molar-refractivity contribution is 0.0632. The number of aliphatic hydroxyl groups is 1. The molecule has 1 N–H and O–H groups in total. The molecule has 35 heavy (non-hydrogen) atoms. The fourth-order valence-electron chi connectivity index (χ4n) is 4.44. The summed E-state index contributed by atoms with van der Waals surface area (Å²) in [5, 5.41) is 10.7. The molecule has 12 heteroatoms. The van der Waals surface area contributed by atoms with Crippen molar-refractivity contribution in [1.82, 2.24) is 28.5 Å². The van der Waals surface area contributed by atoms with Crippen LogP contribution in [0.25, 0.3) is 11.2 Å². The van der Waals surface area contributed by atoms with E-state index in [1.165, 1.54) is 10.9 Å². The third kappa shape index (κ3) is 6.07. The van der Waals surface area contributed by atoms with Crippen molar-refractivity contribution in [3.63, 3.8) is 0 Å². The molecule has 2 unspecified atom stereocenters.